The third-order valence-electron chi connectivity index (χ3n) is 4.26. The van der Waals surface area contributed by atoms with Crippen LogP contribution in [-0.4, -0.2) is 38.6 Å². The van der Waals surface area contributed by atoms with Crippen molar-refractivity contribution in [1.29, 1.82) is 0 Å². The molecule has 3 heterocycles. The normalized spacial score (nSPS) is 13.7. The highest BCUT2D eigenvalue weighted by molar-refractivity contribution is 7.14. The number of carbonyl (C=O) groups is 2. The molecule has 0 bridgehead atoms. The van der Waals surface area contributed by atoms with Crippen LogP contribution in [0.25, 0.3) is 10.8 Å². The average molecular weight is 355 g/mol. The van der Waals surface area contributed by atoms with Crippen LogP contribution in [0.15, 0.2) is 35.1 Å². The summed E-state index contributed by atoms with van der Waals surface area (Å²) in [6.45, 7) is 0.827. The number of carbonyl (C=O) groups excluding carboxylic acids is 1. The van der Waals surface area contributed by atoms with Gasteiger partial charge in [0.2, 0.25) is 0 Å². The van der Waals surface area contributed by atoms with E-state index in [1.165, 1.54) is 11.3 Å². The zero-order valence-electron chi connectivity index (χ0n) is 13.0. The number of hydrogen-bond donors (Lipinski definition) is 2. The van der Waals surface area contributed by atoms with Gasteiger partial charge in [0.05, 0.1) is 5.39 Å². The number of carboxylic acid groups (broad SMARTS) is 1. The van der Waals surface area contributed by atoms with E-state index < -0.39 is 5.97 Å². The van der Waals surface area contributed by atoms with Crippen LogP contribution in [0, 0.1) is 0 Å². The Morgan fingerprint density at radius 2 is 2.00 bits per heavy atom. The van der Waals surface area contributed by atoms with Gasteiger partial charge in [-0.3, -0.25) is 9.59 Å². The molecule has 8 heteroatoms. The number of aromatic amines is 1. The maximum absolute atomic E-state index is 12.9. The molecular formula is C17H13N3O4S. The summed E-state index contributed by atoms with van der Waals surface area (Å²) in [5.74, 6) is -1.23. The number of nitrogens with zero attached hydrogens (tertiary/aromatic N) is 2. The molecule has 0 aliphatic carbocycles. The van der Waals surface area contributed by atoms with Crippen LogP contribution in [0.3, 0.4) is 0 Å². The lowest BCUT2D eigenvalue weighted by molar-refractivity contribution is 0.0701. The van der Waals surface area contributed by atoms with Gasteiger partial charge in [-0.1, -0.05) is 18.2 Å². The van der Waals surface area contributed by atoms with Gasteiger partial charge >= 0.3 is 5.97 Å². The smallest absolute Gasteiger partial charge is 0.345 e. The van der Waals surface area contributed by atoms with Crippen molar-refractivity contribution < 1.29 is 14.7 Å². The average Bonchev–Trinajstić information content (AvgIpc) is 3.05. The van der Waals surface area contributed by atoms with Gasteiger partial charge < -0.3 is 10.0 Å². The van der Waals surface area contributed by atoms with E-state index in [1.54, 1.807) is 35.2 Å². The number of fused-ring (bicyclic) bond motifs is 2. The monoisotopic (exact) mass is 355 g/mol. The van der Waals surface area contributed by atoms with E-state index >= 15 is 0 Å². The number of thiophene rings is 1. The number of benzene rings is 1. The molecule has 0 unspecified atom stereocenters. The molecule has 0 fully saturated rings. The standard InChI is InChI=1S/C17H13N3O4S/c21-15-11-4-2-1-3-10(11)14(18-19-15)16(22)20-6-5-12-9(8-20)7-13(25-12)17(23)24/h1-4,7H,5-6,8H2,(H,19,21)(H,23,24). The quantitative estimate of drug-likeness (QED) is 0.730. The molecule has 0 saturated heterocycles. The first-order valence-corrected chi connectivity index (χ1v) is 8.48. The lowest BCUT2D eigenvalue weighted by Crippen LogP contribution is -2.36. The first-order valence-electron chi connectivity index (χ1n) is 7.66. The van der Waals surface area contributed by atoms with Crippen molar-refractivity contribution in [2.75, 3.05) is 6.54 Å². The number of nitrogens with one attached hydrogen (secondary N) is 1. The summed E-state index contributed by atoms with van der Waals surface area (Å²) < 4.78 is 0. The van der Waals surface area contributed by atoms with Gasteiger partial charge in [-0.25, -0.2) is 9.89 Å². The van der Waals surface area contributed by atoms with Crippen LogP contribution >= 0.6 is 11.3 Å². The van der Waals surface area contributed by atoms with Crippen LogP contribution in [0.4, 0.5) is 0 Å². The number of aromatic nitrogens is 2. The van der Waals surface area contributed by atoms with Gasteiger partial charge in [0.1, 0.15) is 4.88 Å². The van der Waals surface area contributed by atoms with Crippen LogP contribution < -0.4 is 5.56 Å². The fraction of sp³-hybridized carbons (Fsp3) is 0.176. The van der Waals surface area contributed by atoms with Gasteiger partial charge in [0.15, 0.2) is 5.69 Å². The fourth-order valence-electron chi connectivity index (χ4n) is 3.04. The van der Waals surface area contributed by atoms with E-state index in [9.17, 15) is 14.4 Å². The second kappa shape index (κ2) is 5.82. The lowest BCUT2D eigenvalue weighted by atomic mass is 10.1. The third kappa shape index (κ3) is 2.60. The molecule has 25 heavy (non-hydrogen) atoms. The summed E-state index contributed by atoms with van der Waals surface area (Å²) in [5.41, 5.74) is 0.722. The minimum atomic E-state index is -0.953. The molecule has 126 valence electrons. The second-order valence-corrected chi connectivity index (χ2v) is 6.92. The first-order chi connectivity index (χ1) is 12.0. The molecule has 2 N–H and O–H groups in total. The zero-order valence-corrected chi connectivity index (χ0v) is 13.8. The van der Waals surface area contributed by atoms with Crippen LogP contribution in [-0.2, 0) is 13.0 Å². The van der Waals surface area contributed by atoms with E-state index in [2.05, 4.69) is 10.2 Å². The highest BCUT2D eigenvalue weighted by Gasteiger charge is 2.27. The van der Waals surface area contributed by atoms with Crippen LogP contribution in [0.2, 0.25) is 0 Å². The van der Waals surface area contributed by atoms with E-state index in [0.717, 1.165) is 10.4 Å². The highest BCUT2D eigenvalue weighted by atomic mass is 32.1. The molecule has 2 aromatic heterocycles. The molecule has 1 aliphatic heterocycles. The van der Waals surface area contributed by atoms with Gasteiger partial charge in [-0.2, -0.15) is 5.10 Å². The predicted molar refractivity (Wildman–Crippen MR) is 92.1 cm³/mol. The molecular weight excluding hydrogens is 342 g/mol. The van der Waals surface area contributed by atoms with Crippen LogP contribution in [0.5, 0.6) is 0 Å². The zero-order chi connectivity index (χ0) is 17.6. The fourth-order valence-corrected chi connectivity index (χ4v) is 4.04. The SMILES string of the molecule is O=C(O)c1cc2c(s1)CCN(C(=O)c1n[nH]c(=O)c3ccccc13)C2. The summed E-state index contributed by atoms with van der Waals surface area (Å²) in [5, 5.41) is 16.4. The molecule has 7 nitrogen and oxygen atoms in total. The third-order valence-corrected chi connectivity index (χ3v) is 5.49. The van der Waals surface area contributed by atoms with Gasteiger partial charge in [-0.05, 0) is 24.1 Å². The molecule has 1 amide bonds. The molecule has 4 rings (SSSR count). The second-order valence-electron chi connectivity index (χ2n) is 5.79. The Hall–Kier alpha value is -3.00. The van der Waals surface area contributed by atoms with Crippen molar-refractivity contribution in [3.8, 4) is 0 Å². The van der Waals surface area contributed by atoms with Gasteiger partial charge in [-0.15, -0.1) is 11.3 Å². The molecule has 0 spiro atoms. The highest BCUT2D eigenvalue weighted by Crippen LogP contribution is 2.29. The van der Waals surface area contributed by atoms with E-state index in [0.29, 0.717) is 30.3 Å². The maximum Gasteiger partial charge on any atom is 0.345 e. The van der Waals surface area contributed by atoms with Crippen molar-refractivity contribution in [3.05, 3.63) is 61.7 Å². The first kappa shape index (κ1) is 15.5. The molecule has 0 atom stereocenters. The van der Waals surface area contributed by atoms with Gasteiger partial charge in [0.25, 0.3) is 11.5 Å². The largest absolute Gasteiger partial charge is 0.477 e. The minimum absolute atomic E-state index is 0.201. The summed E-state index contributed by atoms with van der Waals surface area (Å²) in [7, 11) is 0. The molecule has 0 radical (unpaired) electrons. The number of hydrogen-bond acceptors (Lipinski definition) is 5. The Morgan fingerprint density at radius 3 is 2.76 bits per heavy atom. The topological polar surface area (TPSA) is 103 Å². The predicted octanol–water partition coefficient (Wildman–Crippen LogP) is 1.88. The van der Waals surface area contributed by atoms with Crippen LogP contribution in [0.1, 0.15) is 30.6 Å². The summed E-state index contributed by atoms with van der Waals surface area (Å²) in [6.07, 6.45) is 0.611. The number of H-pyrrole nitrogens is 1. The number of amides is 1. The van der Waals surface area contributed by atoms with Crippen molar-refractivity contribution >= 4 is 34.0 Å². The molecule has 1 aliphatic rings. The Bertz CT molecular complexity index is 1070. The summed E-state index contributed by atoms with van der Waals surface area (Å²) in [6, 6.07) is 8.47. The van der Waals surface area contributed by atoms with Crippen molar-refractivity contribution in [1.82, 2.24) is 15.1 Å². The summed E-state index contributed by atoms with van der Waals surface area (Å²) in [4.78, 5) is 38.8. The lowest BCUT2D eigenvalue weighted by Gasteiger charge is -2.26. The molecule has 3 aromatic rings. The molecule has 1 aromatic carbocycles. The maximum atomic E-state index is 12.9. The summed E-state index contributed by atoms with van der Waals surface area (Å²) >= 11 is 1.26. The minimum Gasteiger partial charge on any atom is -0.477 e. The van der Waals surface area contributed by atoms with Crippen molar-refractivity contribution in [3.63, 3.8) is 0 Å². The number of aromatic carboxylic acids is 1. The van der Waals surface area contributed by atoms with Crippen molar-refractivity contribution in [2.45, 2.75) is 13.0 Å². The van der Waals surface area contributed by atoms with Crippen molar-refractivity contribution in [2.24, 2.45) is 0 Å². The van der Waals surface area contributed by atoms with E-state index in [4.69, 9.17) is 5.11 Å². The van der Waals surface area contributed by atoms with Gasteiger partial charge in [0, 0.05) is 23.4 Å². The Morgan fingerprint density at radius 1 is 1.24 bits per heavy atom. The Labute approximate surface area is 145 Å². The van der Waals surface area contributed by atoms with E-state index in [1.807, 2.05) is 0 Å². The number of carboxylic acids is 1. The molecule has 0 saturated carbocycles. The van der Waals surface area contributed by atoms with E-state index in [-0.39, 0.29) is 22.0 Å². The Kier molecular flexibility index (Phi) is 3.61. The Balaban J connectivity index is 1.69. The number of rotatable bonds is 2.